The van der Waals surface area contributed by atoms with Crippen LogP contribution in [0, 0.1) is 13.8 Å². The summed E-state index contributed by atoms with van der Waals surface area (Å²) in [6, 6.07) is 19.8. The number of carbonyl (C=O) groups excluding carboxylic acids is 2. The second-order valence-electron chi connectivity index (χ2n) is 9.05. The Morgan fingerprint density at radius 3 is 1.97 bits per heavy atom. The van der Waals surface area contributed by atoms with E-state index in [1.165, 1.54) is 24.1 Å². The van der Waals surface area contributed by atoms with Crippen molar-refractivity contribution in [2.45, 2.75) is 45.2 Å². The van der Waals surface area contributed by atoms with Gasteiger partial charge in [-0.3, -0.25) is 13.9 Å². The molecule has 0 spiro atoms. The van der Waals surface area contributed by atoms with E-state index in [0.29, 0.717) is 18.0 Å². The van der Waals surface area contributed by atoms with Crippen LogP contribution in [0.15, 0.2) is 77.7 Å². The Morgan fingerprint density at radius 2 is 1.45 bits per heavy atom. The third-order valence-electron chi connectivity index (χ3n) is 6.21. The van der Waals surface area contributed by atoms with Gasteiger partial charge in [0.25, 0.3) is 10.0 Å². The fraction of sp³-hybridized carbons (Fsp3) is 0.310. The molecule has 0 heterocycles. The molecule has 8 nitrogen and oxygen atoms in total. The third-order valence-corrected chi connectivity index (χ3v) is 8.00. The highest BCUT2D eigenvalue weighted by Gasteiger charge is 2.32. The second-order valence-corrected chi connectivity index (χ2v) is 10.9. The first-order valence-corrected chi connectivity index (χ1v) is 13.9. The number of benzene rings is 3. The van der Waals surface area contributed by atoms with Gasteiger partial charge < -0.3 is 15.0 Å². The number of anilines is 1. The summed E-state index contributed by atoms with van der Waals surface area (Å²) in [5.41, 5.74) is 3.20. The Labute approximate surface area is 225 Å². The van der Waals surface area contributed by atoms with Gasteiger partial charge in [0.2, 0.25) is 11.8 Å². The molecule has 3 rings (SSSR count). The van der Waals surface area contributed by atoms with Gasteiger partial charge in [-0.25, -0.2) is 8.42 Å². The molecular weight excluding hydrogens is 502 g/mol. The molecule has 0 aliphatic rings. The van der Waals surface area contributed by atoms with Crippen LogP contribution in [0.5, 0.6) is 5.75 Å². The molecule has 1 N–H and O–H groups in total. The van der Waals surface area contributed by atoms with E-state index < -0.39 is 28.5 Å². The van der Waals surface area contributed by atoms with Crippen molar-refractivity contribution in [1.82, 2.24) is 10.2 Å². The third kappa shape index (κ3) is 6.92. The van der Waals surface area contributed by atoms with Gasteiger partial charge in [-0.1, -0.05) is 47.5 Å². The van der Waals surface area contributed by atoms with E-state index in [-0.39, 0.29) is 17.3 Å². The van der Waals surface area contributed by atoms with Gasteiger partial charge in [-0.05, 0) is 69.7 Å². The summed E-state index contributed by atoms with van der Waals surface area (Å²) in [6.07, 6.45) is 0. The molecule has 0 saturated heterocycles. The average Bonchev–Trinajstić information content (AvgIpc) is 2.91. The number of hydrogen-bond donors (Lipinski definition) is 1. The minimum atomic E-state index is -4.13. The van der Waals surface area contributed by atoms with E-state index in [2.05, 4.69) is 5.32 Å². The smallest absolute Gasteiger partial charge is 0.264 e. The number of carbonyl (C=O) groups is 2. The molecule has 202 valence electrons. The highest BCUT2D eigenvalue weighted by molar-refractivity contribution is 7.92. The van der Waals surface area contributed by atoms with E-state index in [1.54, 1.807) is 43.3 Å². The van der Waals surface area contributed by atoms with Gasteiger partial charge in [0, 0.05) is 13.6 Å². The summed E-state index contributed by atoms with van der Waals surface area (Å²) >= 11 is 0. The van der Waals surface area contributed by atoms with E-state index >= 15 is 0 Å². The molecule has 0 unspecified atom stereocenters. The average molecular weight is 538 g/mol. The van der Waals surface area contributed by atoms with Crippen LogP contribution in [0.25, 0.3) is 0 Å². The number of amides is 2. The van der Waals surface area contributed by atoms with Crippen molar-refractivity contribution in [3.63, 3.8) is 0 Å². The van der Waals surface area contributed by atoms with Crippen molar-refractivity contribution in [3.05, 3.63) is 89.5 Å². The summed E-state index contributed by atoms with van der Waals surface area (Å²) in [5.74, 6) is -0.299. The summed E-state index contributed by atoms with van der Waals surface area (Å²) in [6.45, 7) is 7.46. The minimum absolute atomic E-state index is 0.0266. The van der Waals surface area contributed by atoms with Gasteiger partial charge in [-0.2, -0.15) is 0 Å². The lowest BCUT2D eigenvalue weighted by Gasteiger charge is -2.31. The molecule has 0 radical (unpaired) electrons. The lowest BCUT2D eigenvalue weighted by atomic mass is 10.1. The highest BCUT2D eigenvalue weighted by atomic mass is 32.2. The molecule has 0 aliphatic carbocycles. The first-order chi connectivity index (χ1) is 18.1. The zero-order valence-electron chi connectivity index (χ0n) is 22.5. The highest BCUT2D eigenvalue weighted by Crippen LogP contribution is 2.26. The monoisotopic (exact) mass is 537 g/mol. The number of sulfonamides is 1. The molecular formula is C29H35N3O5S. The van der Waals surface area contributed by atoms with Crippen molar-refractivity contribution in [2.24, 2.45) is 0 Å². The van der Waals surface area contributed by atoms with Crippen LogP contribution in [0.4, 0.5) is 5.69 Å². The van der Waals surface area contributed by atoms with Crippen LogP contribution >= 0.6 is 0 Å². The summed E-state index contributed by atoms with van der Waals surface area (Å²) in [5, 5.41) is 2.58. The first kappa shape index (κ1) is 28.7. The zero-order valence-corrected chi connectivity index (χ0v) is 23.3. The molecule has 3 aromatic rings. The van der Waals surface area contributed by atoms with Crippen LogP contribution in [0.1, 0.15) is 30.5 Å². The van der Waals surface area contributed by atoms with Crippen molar-refractivity contribution >= 4 is 27.5 Å². The molecule has 38 heavy (non-hydrogen) atoms. The number of likely N-dealkylation sites (N-methyl/N-ethyl adjacent to an activating group) is 1. The van der Waals surface area contributed by atoms with E-state index in [4.69, 9.17) is 4.74 Å². The maximum atomic E-state index is 13.8. The maximum Gasteiger partial charge on any atom is 0.264 e. The maximum absolute atomic E-state index is 13.8. The largest absolute Gasteiger partial charge is 0.494 e. The quantitative estimate of drug-likeness (QED) is 0.398. The molecule has 0 bridgehead atoms. The van der Waals surface area contributed by atoms with Gasteiger partial charge in [-0.15, -0.1) is 0 Å². The normalized spacial score (nSPS) is 11.9. The molecule has 0 saturated carbocycles. The topological polar surface area (TPSA) is 96.0 Å². The van der Waals surface area contributed by atoms with Crippen LogP contribution < -0.4 is 14.4 Å². The van der Waals surface area contributed by atoms with Gasteiger partial charge >= 0.3 is 0 Å². The number of hydrogen-bond acceptors (Lipinski definition) is 5. The molecule has 0 aromatic heterocycles. The van der Waals surface area contributed by atoms with Crippen LogP contribution in [-0.4, -0.2) is 51.4 Å². The van der Waals surface area contributed by atoms with E-state index in [0.717, 1.165) is 21.0 Å². The van der Waals surface area contributed by atoms with E-state index in [1.807, 2.05) is 45.0 Å². The predicted molar refractivity (Wildman–Crippen MR) is 149 cm³/mol. The summed E-state index contributed by atoms with van der Waals surface area (Å²) in [7, 11) is -2.63. The number of rotatable bonds is 11. The molecule has 0 fully saturated rings. The Morgan fingerprint density at radius 1 is 0.895 bits per heavy atom. The molecule has 2 amide bonds. The lowest BCUT2D eigenvalue weighted by molar-refractivity contribution is -0.139. The van der Waals surface area contributed by atoms with Crippen molar-refractivity contribution in [3.8, 4) is 5.75 Å². The Kier molecular flexibility index (Phi) is 9.52. The number of nitrogens with one attached hydrogen (secondary N) is 1. The SMILES string of the molecule is CCOc1ccc(S(=O)(=O)N(CC(=O)N(Cc2ccc(C)cc2)[C@@H](C)C(=O)NC)c2ccc(C)cc2)cc1. The Hall–Kier alpha value is -3.85. The van der Waals surface area contributed by atoms with Crippen molar-refractivity contribution in [1.29, 1.82) is 0 Å². The lowest BCUT2D eigenvalue weighted by Crippen LogP contribution is -2.50. The fourth-order valence-corrected chi connectivity index (χ4v) is 5.34. The minimum Gasteiger partial charge on any atom is -0.494 e. The Bertz CT molecular complexity index is 1340. The predicted octanol–water partition coefficient (Wildman–Crippen LogP) is 4.06. The van der Waals surface area contributed by atoms with E-state index in [9.17, 15) is 18.0 Å². The van der Waals surface area contributed by atoms with Gasteiger partial charge in [0.05, 0.1) is 17.2 Å². The van der Waals surface area contributed by atoms with Crippen LogP contribution in [0.2, 0.25) is 0 Å². The molecule has 1 atom stereocenters. The van der Waals surface area contributed by atoms with Gasteiger partial charge in [0.1, 0.15) is 18.3 Å². The zero-order chi connectivity index (χ0) is 27.9. The second kappa shape index (κ2) is 12.6. The standard InChI is InChI=1S/C29H35N3O5S/c1-6-37-26-15-17-27(18-16-26)38(35,36)32(25-13-9-22(3)10-14-25)20-28(33)31(23(4)29(34)30-5)19-24-11-7-21(2)8-12-24/h7-18,23H,6,19-20H2,1-5H3,(H,30,34)/t23-/m0/s1. The number of aryl methyl sites for hydroxylation is 2. The Balaban J connectivity index is 2.00. The molecule has 3 aromatic carbocycles. The van der Waals surface area contributed by atoms with Gasteiger partial charge in [0.15, 0.2) is 0 Å². The molecule has 0 aliphatic heterocycles. The summed E-state index contributed by atoms with van der Waals surface area (Å²) < 4.78 is 34.2. The van der Waals surface area contributed by atoms with Crippen molar-refractivity contribution in [2.75, 3.05) is 24.5 Å². The van der Waals surface area contributed by atoms with Crippen LogP contribution in [-0.2, 0) is 26.2 Å². The first-order valence-electron chi connectivity index (χ1n) is 12.5. The van der Waals surface area contributed by atoms with Crippen LogP contribution in [0.3, 0.4) is 0 Å². The fourth-order valence-electron chi connectivity index (χ4n) is 3.92. The number of ether oxygens (including phenoxy) is 1. The summed E-state index contributed by atoms with van der Waals surface area (Å²) in [4.78, 5) is 27.7. The number of nitrogens with zero attached hydrogens (tertiary/aromatic N) is 2. The van der Waals surface area contributed by atoms with Crippen molar-refractivity contribution < 1.29 is 22.7 Å². The molecule has 9 heteroatoms.